The minimum absolute atomic E-state index is 0.179. The molecule has 17 heavy (non-hydrogen) atoms. The Morgan fingerprint density at radius 3 is 2.88 bits per heavy atom. The molecule has 0 aromatic rings. The number of likely N-dealkylation sites (tertiary alicyclic amines) is 1. The number of hydrogen-bond acceptors (Lipinski definition) is 3. The molecule has 0 aromatic carbocycles. The predicted molar refractivity (Wildman–Crippen MR) is 66.6 cm³/mol. The van der Waals surface area contributed by atoms with Crippen LogP contribution in [0, 0.1) is 0 Å². The lowest BCUT2D eigenvalue weighted by Gasteiger charge is -2.31. The zero-order chi connectivity index (χ0) is 12.1. The van der Waals surface area contributed by atoms with Gasteiger partial charge in [0.2, 0.25) is 5.91 Å². The zero-order valence-electron chi connectivity index (χ0n) is 10.6. The van der Waals surface area contributed by atoms with Crippen molar-refractivity contribution in [3.63, 3.8) is 0 Å². The summed E-state index contributed by atoms with van der Waals surface area (Å²) in [5.41, 5.74) is 5.88. The van der Waals surface area contributed by atoms with E-state index >= 15 is 0 Å². The normalized spacial score (nSPS) is 30.3. The number of ether oxygens (including phenoxy) is 1. The second-order valence-electron chi connectivity index (χ2n) is 5.27. The van der Waals surface area contributed by atoms with Gasteiger partial charge >= 0.3 is 0 Å². The molecule has 0 saturated carbocycles. The van der Waals surface area contributed by atoms with Crippen LogP contribution in [0.15, 0.2) is 0 Å². The third-order valence-corrected chi connectivity index (χ3v) is 3.76. The highest BCUT2D eigenvalue weighted by Crippen LogP contribution is 2.18. The first-order chi connectivity index (χ1) is 8.25. The number of piperidine rings is 1. The Kier molecular flexibility index (Phi) is 4.80. The largest absolute Gasteiger partial charge is 0.378 e. The Hall–Kier alpha value is -0.610. The van der Waals surface area contributed by atoms with Crippen LogP contribution in [0.5, 0.6) is 0 Å². The summed E-state index contributed by atoms with van der Waals surface area (Å²) in [4.78, 5) is 13.9. The number of nitrogens with two attached hydrogens (primary N) is 1. The monoisotopic (exact) mass is 240 g/mol. The van der Waals surface area contributed by atoms with E-state index in [4.69, 9.17) is 10.5 Å². The maximum Gasteiger partial charge on any atom is 0.222 e. The third-order valence-electron chi connectivity index (χ3n) is 3.76. The maximum absolute atomic E-state index is 12.0. The smallest absolute Gasteiger partial charge is 0.222 e. The van der Waals surface area contributed by atoms with Gasteiger partial charge in [0, 0.05) is 32.2 Å². The van der Waals surface area contributed by atoms with Gasteiger partial charge in [0.25, 0.3) is 0 Å². The van der Waals surface area contributed by atoms with Gasteiger partial charge in [-0.15, -0.1) is 0 Å². The average Bonchev–Trinajstić information content (AvgIpc) is 2.37. The molecule has 0 radical (unpaired) electrons. The molecule has 0 aromatic heterocycles. The third kappa shape index (κ3) is 3.96. The summed E-state index contributed by atoms with van der Waals surface area (Å²) in [7, 11) is 0. The lowest BCUT2D eigenvalue weighted by atomic mass is 10.0. The minimum Gasteiger partial charge on any atom is -0.378 e. The molecule has 2 atom stereocenters. The van der Waals surface area contributed by atoms with E-state index in [0.717, 1.165) is 45.4 Å². The van der Waals surface area contributed by atoms with E-state index in [1.54, 1.807) is 0 Å². The van der Waals surface area contributed by atoms with Crippen molar-refractivity contribution in [2.75, 3.05) is 19.7 Å². The SMILES string of the molecule is N[C@@H]1CCCN(C(=O)CCC2CCCCO2)C1. The molecule has 2 aliphatic rings. The van der Waals surface area contributed by atoms with Crippen LogP contribution in [0.2, 0.25) is 0 Å². The van der Waals surface area contributed by atoms with Gasteiger partial charge in [-0.25, -0.2) is 0 Å². The first-order valence-corrected chi connectivity index (χ1v) is 6.90. The topological polar surface area (TPSA) is 55.6 Å². The van der Waals surface area contributed by atoms with E-state index in [0.29, 0.717) is 12.5 Å². The van der Waals surface area contributed by atoms with Gasteiger partial charge in [0.15, 0.2) is 0 Å². The Bertz CT molecular complexity index is 252. The molecule has 98 valence electrons. The summed E-state index contributed by atoms with van der Waals surface area (Å²) >= 11 is 0. The first-order valence-electron chi connectivity index (χ1n) is 6.90. The summed E-state index contributed by atoms with van der Waals surface area (Å²) < 4.78 is 5.64. The fraction of sp³-hybridized carbons (Fsp3) is 0.923. The van der Waals surface area contributed by atoms with Crippen molar-refractivity contribution in [3.8, 4) is 0 Å². The molecule has 2 saturated heterocycles. The lowest BCUT2D eigenvalue weighted by molar-refractivity contribution is -0.133. The second-order valence-corrected chi connectivity index (χ2v) is 5.27. The van der Waals surface area contributed by atoms with Gasteiger partial charge in [-0.3, -0.25) is 4.79 Å². The molecule has 0 aliphatic carbocycles. The highest BCUT2D eigenvalue weighted by Gasteiger charge is 2.22. The van der Waals surface area contributed by atoms with Crippen molar-refractivity contribution in [3.05, 3.63) is 0 Å². The molecule has 0 bridgehead atoms. The number of carbonyl (C=O) groups is 1. The number of nitrogens with zero attached hydrogens (tertiary/aromatic N) is 1. The Balaban J connectivity index is 1.69. The van der Waals surface area contributed by atoms with Crippen molar-refractivity contribution in [1.29, 1.82) is 0 Å². The molecule has 4 heteroatoms. The average molecular weight is 240 g/mol. The van der Waals surface area contributed by atoms with Crippen LogP contribution < -0.4 is 5.73 Å². The van der Waals surface area contributed by atoms with Crippen LogP contribution in [0.25, 0.3) is 0 Å². The van der Waals surface area contributed by atoms with E-state index in [1.807, 2.05) is 4.90 Å². The second kappa shape index (κ2) is 6.36. The van der Waals surface area contributed by atoms with E-state index in [2.05, 4.69) is 0 Å². The Morgan fingerprint density at radius 2 is 2.18 bits per heavy atom. The number of carbonyl (C=O) groups excluding carboxylic acids is 1. The minimum atomic E-state index is 0.179. The molecule has 4 nitrogen and oxygen atoms in total. The van der Waals surface area contributed by atoms with Crippen LogP contribution in [0.3, 0.4) is 0 Å². The van der Waals surface area contributed by atoms with Crippen molar-refractivity contribution in [1.82, 2.24) is 4.90 Å². The maximum atomic E-state index is 12.0. The molecule has 2 aliphatic heterocycles. The van der Waals surface area contributed by atoms with Gasteiger partial charge < -0.3 is 15.4 Å². The molecule has 0 spiro atoms. The molecular weight excluding hydrogens is 216 g/mol. The Morgan fingerprint density at radius 1 is 1.29 bits per heavy atom. The van der Waals surface area contributed by atoms with Gasteiger partial charge in [-0.2, -0.15) is 0 Å². The quantitative estimate of drug-likeness (QED) is 0.808. The van der Waals surface area contributed by atoms with Crippen LogP contribution in [-0.2, 0) is 9.53 Å². The summed E-state index contributed by atoms with van der Waals surface area (Å²) in [5.74, 6) is 0.259. The van der Waals surface area contributed by atoms with Gasteiger partial charge in [-0.05, 0) is 38.5 Å². The van der Waals surface area contributed by atoms with Crippen molar-refractivity contribution < 1.29 is 9.53 Å². The van der Waals surface area contributed by atoms with Crippen LogP contribution >= 0.6 is 0 Å². The fourth-order valence-corrected chi connectivity index (χ4v) is 2.71. The highest BCUT2D eigenvalue weighted by atomic mass is 16.5. The first kappa shape index (κ1) is 12.8. The number of rotatable bonds is 3. The molecule has 2 rings (SSSR count). The van der Waals surface area contributed by atoms with Gasteiger partial charge in [0.1, 0.15) is 0 Å². The van der Waals surface area contributed by atoms with Gasteiger partial charge in [-0.1, -0.05) is 0 Å². The van der Waals surface area contributed by atoms with Crippen LogP contribution in [0.1, 0.15) is 44.9 Å². The lowest BCUT2D eigenvalue weighted by Crippen LogP contribution is -2.45. The molecule has 1 amide bonds. The number of amides is 1. The van der Waals surface area contributed by atoms with Crippen molar-refractivity contribution >= 4 is 5.91 Å². The number of hydrogen-bond donors (Lipinski definition) is 1. The van der Waals surface area contributed by atoms with E-state index < -0.39 is 0 Å². The van der Waals surface area contributed by atoms with Crippen molar-refractivity contribution in [2.45, 2.75) is 57.1 Å². The zero-order valence-corrected chi connectivity index (χ0v) is 10.6. The van der Waals surface area contributed by atoms with E-state index in [1.165, 1.54) is 12.8 Å². The molecule has 1 unspecified atom stereocenters. The highest BCUT2D eigenvalue weighted by molar-refractivity contribution is 5.76. The summed E-state index contributed by atoms with van der Waals surface area (Å²) in [5, 5.41) is 0. The fourth-order valence-electron chi connectivity index (χ4n) is 2.71. The Labute approximate surface area is 103 Å². The van der Waals surface area contributed by atoms with E-state index in [-0.39, 0.29) is 11.9 Å². The summed E-state index contributed by atoms with van der Waals surface area (Å²) in [6.45, 7) is 2.50. The molecule has 2 N–H and O–H groups in total. The van der Waals surface area contributed by atoms with Crippen LogP contribution in [-0.4, -0.2) is 42.6 Å². The molecular formula is C13H24N2O2. The van der Waals surface area contributed by atoms with Crippen LogP contribution in [0.4, 0.5) is 0 Å². The van der Waals surface area contributed by atoms with Crippen molar-refractivity contribution in [2.24, 2.45) is 5.73 Å². The summed E-state index contributed by atoms with van der Waals surface area (Å²) in [6, 6.07) is 0.179. The molecule has 2 fully saturated rings. The standard InChI is InChI=1S/C13H24N2O2/c14-11-4-3-8-15(10-11)13(16)7-6-12-5-1-2-9-17-12/h11-12H,1-10,14H2/t11-,12?/m1/s1. The van der Waals surface area contributed by atoms with Gasteiger partial charge in [0.05, 0.1) is 6.10 Å². The predicted octanol–water partition coefficient (Wildman–Crippen LogP) is 1.29. The molecule has 2 heterocycles. The van der Waals surface area contributed by atoms with E-state index in [9.17, 15) is 4.79 Å². The summed E-state index contributed by atoms with van der Waals surface area (Å²) in [6.07, 6.45) is 7.45.